The van der Waals surface area contributed by atoms with E-state index in [0.717, 1.165) is 11.9 Å². The largest absolute Gasteiger partial charge is 0.351 e. The van der Waals surface area contributed by atoms with Crippen LogP contribution in [0.15, 0.2) is 4.99 Å². The summed E-state index contributed by atoms with van der Waals surface area (Å²) in [5.74, 6) is 1.68. The van der Waals surface area contributed by atoms with Crippen molar-refractivity contribution in [3.63, 3.8) is 0 Å². The first-order valence-electron chi connectivity index (χ1n) is 7.22. The van der Waals surface area contributed by atoms with Gasteiger partial charge in [0.2, 0.25) is 0 Å². The van der Waals surface area contributed by atoms with Gasteiger partial charge in [-0.3, -0.25) is 10.3 Å². The van der Waals surface area contributed by atoms with Gasteiger partial charge in [-0.05, 0) is 55.4 Å². The van der Waals surface area contributed by atoms with Crippen molar-refractivity contribution in [1.82, 2.24) is 16.0 Å². The van der Waals surface area contributed by atoms with Gasteiger partial charge in [-0.25, -0.2) is 10.3 Å². The molecule has 5 heteroatoms. The number of hydrogen-bond donors (Lipinski definition) is 4. The van der Waals surface area contributed by atoms with E-state index in [0.29, 0.717) is 18.1 Å². The van der Waals surface area contributed by atoms with Gasteiger partial charge in [-0.2, -0.15) is 0 Å². The molecule has 0 aliphatic rings. The number of nitrogens with one attached hydrogen (secondary N) is 4. The van der Waals surface area contributed by atoms with E-state index in [-0.39, 0.29) is 6.04 Å². The number of rotatable bonds is 4. The lowest BCUT2D eigenvalue weighted by Gasteiger charge is -2.15. The fourth-order valence-corrected chi connectivity index (χ4v) is 1.45. The molecule has 0 aromatic carbocycles. The highest BCUT2D eigenvalue weighted by atomic mass is 15.3. The molecular weight excluding hydrogens is 238 g/mol. The van der Waals surface area contributed by atoms with Crippen LogP contribution in [0.1, 0.15) is 55.4 Å². The Bertz CT molecular complexity index is 273. The molecule has 5 nitrogen and oxygen atoms in total. The Hall–Kier alpha value is -1.26. The second kappa shape index (κ2) is 8.77. The lowest BCUT2D eigenvalue weighted by atomic mass is 10.4. The number of aliphatic imine (C=N–C) groups is 1. The number of hydrogen-bond acceptors (Lipinski definition) is 1. The average Bonchev–Trinajstić information content (AvgIpc) is 2.11. The summed E-state index contributed by atoms with van der Waals surface area (Å²) in [5, 5.41) is 10.0. The van der Waals surface area contributed by atoms with E-state index in [9.17, 15) is 0 Å². The highest BCUT2D eigenvalue weighted by Crippen LogP contribution is 1.87. The quantitative estimate of drug-likeness (QED) is 0.435. The minimum absolute atomic E-state index is 0.244. The summed E-state index contributed by atoms with van der Waals surface area (Å²) in [5.41, 5.74) is 0. The normalized spacial score (nSPS) is 13.7. The van der Waals surface area contributed by atoms with E-state index in [1.807, 2.05) is 0 Å². The third-order valence-electron chi connectivity index (χ3n) is 1.92. The second-order valence-electron chi connectivity index (χ2n) is 5.97. The first kappa shape index (κ1) is 17.7. The first-order chi connectivity index (χ1) is 8.70. The molecule has 0 aromatic rings. The Labute approximate surface area is 118 Å². The van der Waals surface area contributed by atoms with Gasteiger partial charge in [0, 0.05) is 12.1 Å². The molecule has 0 saturated carbocycles. The maximum atomic E-state index is 4.57. The van der Waals surface area contributed by atoms with Gasteiger partial charge in [-0.1, -0.05) is 0 Å². The van der Waals surface area contributed by atoms with Crippen molar-refractivity contribution < 1.29 is 4.99 Å². The van der Waals surface area contributed by atoms with Crippen LogP contribution in [0.5, 0.6) is 0 Å². The zero-order valence-corrected chi connectivity index (χ0v) is 13.8. The van der Waals surface area contributed by atoms with E-state index in [4.69, 9.17) is 0 Å². The summed E-state index contributed by atoms with van der Waals surface area (Å²) < 4.78 is 0. The van der Waals surface area contributed by atoms with Gasteiger partial charge in [-0.15, -0.1) is 0 Å². The average molecular weight is 270 g/mol. The van der Waals surface area contributed by atoms with Crippen LogP contribution in [-0.2, 0) is 0 Å². The van der Waals surface area contributed by atoms with Gasteiger partial charge in [0.15, 0.2) is 0 Å². The molecule has 0 amide bonds. The van der Waals surface area contributed by atoms with E-state index >= 15 is 0 Å². The molecule has 0 spiro atoms. The molecule has 4 N–H and O–H groups in total. The third-order valence-corrected chi connectivity index (χ3v) is 1.92. The number of guanidine groups is 2. The molecule has 0 fully saturated rings. The van der Waals surface area contributed by atoms with Crippen molar-refractivity contribution in [3.8, 4) is 0 Å². The summed E-state index contributed by atoms with van der Waals surface area (Å²) in [6.07, 6.45) is 0. The Morgan fingerprint density at radius 3 is 1.74 bits per heavy atom. The van der Waals surface area contributed by atoms with Gasteiger partial charge in [0.05, 0.1) is 12.1 Å². The van der Waals surface area contributed by atoms with Crippen LogP contribution in [0, 0.1) is 0 Å². The van der Waals surface area contributed by atoms with Crippen LogP contribution >= 0.6 is 0 Å². The topological polar surface area (TPSA) is 62.4 Å². The van der Waals surface area contributed by atoms with Crippen molar-refractivity contribution in [2.24, 2.45) is 4.99 Å². The van der Waals surface area contributed by atoms with Crippen LogP contribution in [0.3, 0.4) is 0 Å². The zero-order valence-electron chi connectivity index (χ0n) is 13.8. The van der Waals surface area contributed by atoms with Crippen molar-refractivity contribution in [2.75, 3.05) is 0 Å². The third kappa shape index (κ3) is 10.4. The lowest BCUT2D eigenvalue weighted by Crippen LogP contribution is -2.84. The summed E-state index contributed by atoms with van der Waals surface area (Å²) >= 11 is 0. The Morgan fingerprint density at radius 1 is 0.842 bits per heavy atom. The first-order valence-corrected chi connectivity index (χ1v) is 7.22. The molecule has 0 aliphatic heterocycles. The minimum Gasteiger partial charge on any atom is -0.341 e. The minimum atomic E-state index is 0.244. The standard InChI is InChI=1S/C14H31N5/c1-9(2)15-13(16-10(3)4)19-14(17-11(5)6)18-12(7)8/h9-12H,1-8H3,(H3,15,16,17,18,19)/p+1. The SMILES string of the molecule is CC(C)N=C(NC(NC(C)C)=[NH+]C(C)C)NC(C)C. The molecule has 0 heterocycles. The Morgan fingerprint density at radius 2 is 1.37 bits per heavy atom. The maximum absolute atomic E-state index is 4.57. The highest BCUT2D eigenvalue weighted by Gasteiger charge is 2.14. The predicted octanol–water partition coefficient (Wildman–Crippen LogP) is 0.181. The maximum Gasteiger partial charge on any atom is 0.351 e. The smallest absolute Gasteiger partial charge is 0.341 e. The molecule has 0 unspecified atom stereocenters. The molecule has 0 aromatic heterocycles. The van der Waals surface area contributed by atoms with Crippen LogP contribution < -0.4 is 20.9 Å². The summed E-state index contributed by atoms with van der Waals surface area (Å²) in [7, 11) is 0. The van der Waals surface area contributed by atoms with Crippen LogP contribution in [0.25, 0.3) is 0 Å². The van der Waals surface area contributed by atoms with Gasteiger partial charge in [0.25, 0.3) is 5.96 Å². The fourth-order valence-electron chi connectivity index (χ4n) is 1.45. The van der Waals surface area contributed by atoms with E-state index in [2.05, 4.69) is 81.3 Å². The van der Waals surface area contributed by atoms with Crippen molar-refractivity contribution >= 4 is 11.9 Å². The molecule has 0 bridgehead atoms. The molecule has 0 rings (SSSR count). The summed E-state index contributed by atoms with van der Waals surface area (Å²) in [6, 6.07) is 1.29. The molecule has 0 atom stereocenters. The summed E-state index contributed by atoms with van der Waals surface area (Å²) in [4.78, 5) is 7.93. The number of nitrogens with zero attached hydrogens (tertiary/aromatic N) is 1. The van der Waals surface area contributed by atoms with Gasteiger partial charge >= 0.3 is 5.96 Å². The van der Waals surface area contributed by atoms with Crippen LogP contribution in [0.4, 0.5) is 0 Å². The predicted molar refractivity (Wildman–Crippen MR) is 83.4 cm³/mol. The van der Waals surface area contributed by atoms with Crippen LogP contribution in [0.2, 0.25) is 0 Å². The van der Waals surface area contributed by atoms with Crippen molar-refractivity contribution in [2.45, 2.75) is 79.6 Å². The summed E-state index contributed by atoms with van der Waals surface area (Å²) in [6.45, 7) is 16.8. The van der Waals surface area contributed by atoms with E-state index < -0.39 is 0 Å². The second-order valence-corrected chi connectivity index (χ2v) is 5.97. The Balaban J connectivity index is 4.92. The van der Waals surface area contributed by atoms with Gasteiger partial charge < -0.3 is 5.32 Å². The van der Waals surface area contributed by atoms with Gasteiger partial charge in [0.1, 0.15) is 0 Å². The molecule has 19 heavy (non-hydrogen) atoms. The molecule has 112 valence electrons. The van der Waals surface area contributed by atoms with E-state index in [1.54, 1.807) is 0 Å². The molecule has 0 radical (unpaired) electrons. The molecule has 0 saturated heterocycles. The fraction of sp³-hybridized carbons (Fsp3) is 0.857. The molecule has 0 aliphatic carbocycles. The van der Waals surface area contributed by atoms with Crippen molar-refractivity contribution in [1.29, 1.82) is 0 Å². The van der Waals surface area contributed by atoms with Crippen molar-refractivity contribution in [3.05, 3.63) is 0 Å². The van der Waals surface area contributed by atoms with E-state index in [1.165, 1.54) is 0 Å². The monoisotopic (exact) mass is 270 g/mol. The lowest BCUT2D eigenvalue weighted by molar-refractivity contribution is -0.497. The highest BCUT2D eigenvalue weighted by molar-refractivity contribution is 5.96. The zero-order chi connectivity index (χ0) is 15.0. The van der Waals surface area contributed by atoms with Crippen LogP contribution in [-0.4, -0.2) is 36.1 Å². The molecular formula is C14H32N5+. The Kier molecular flexibility index (Phi) is 8.19.